The van der Waals surface area contributed by atoms with Gasteiger partial charge in [-0.15, -0.1) is 0 Å². The average Bonchev–Trinajstić information content (AvgIpc) is 2.70. The van der Waals surface area contributed by atoms with Gasteiger partial charge in [-0.05, 0) is 6.92 Å². The fraction of sp³-hybridized carbons (Fsp3) is 0.308. The molecule has 0 saturated heterocycles. The topological polar surface area (TPSA) is 48.3 Å². The maximum atomic E-state index is 5.23. The quantitative estimate of drug-likeness (QED) is 0.901. The molecule has 5 heteroatoms. The lowest BCUT2D eigenvalue weighted by atomic mass is 10.2. The number of methoxy groups -OCH3 is 2. The minimum absolute atomic E-state index is 0.747. The smallest absolute Gasteiger partial charge is 0.131 e. The van der Waals surface area contributed by atoms with Crippen LogP contribution in [0, 0.1) is 6.92 Å². The number of hydrogen-bond acceptors (Lipinski definition) is 4. The maximum Gasteiger partial charge on any atom is 0.131 e. The molecule has 0 spiro atoms. The van der Waals surface area contributed by atoms with Crippen LogP contribution in [0.1, 0.15) is 5.56 Å². The Labute approximate surface area is 106 Å². The highest BCUT2D eigenvalue weighted by Crippen LogP contribution is 2.28. The molecule has 0 saturated carbocycles. The number of nitrogens with zero attached hydrogens (tertiary/aromatic N) is 2. The Kier molecular flexibility index (Phi) is 3.41. The van der Waals surface area contributed by atoms with Gasteiger partial charge in [-0.25, -0.2) is 0 Å². The van der Waals surface area contributed by atoms with Crippen molar-refractivity contribution in [2.45, 2.75) is 6.92 Å². The molecule has 0 bridgehead atoms. The van der Waals surface area contributed by atoms with Crippen molar-refractivity contribution in [3.8, 4) is 11.5 Å². The number of nitrogens with one attached hydrogen (secondary N) is 1. The minimum Gasteiger partial charge on any atom is -0.497 e. The third-order valence-electron chi connectivity index (χ3n) is 2.74. The van der Waals surface area contributed by atoms with Crippen LogP contribution in [0.3, 0.4) is 0 Å². The van der Waals surface area contributed by atoms with Gasteiger partial charge in [-0.1, -0.05) is 0 Å². The summed E-state index contributed by atoms with van der Waals surface area (Å²) in [5.74, 6) is 2.44. The van der Waals surface area contributed by atoms with E-state index in [-0.39, 0.29) is 0 Å². The highest BCUT2D eigenvalue weighted by Gasteiger charge is 2.07. The van der Waals surface area contributed by atoms with Gasteiger partial charge in [0.1, 0.15) is 17.3 Å². The lowest BCUT2D eigenvalue weighted by molar-refractivity contribution is 0.395. The zero-order valence-corrected chi connectivity index (χ0v) is 11.0. The maximum absolute atomic E-state index is 5.23. The Balaban J connectivity index is 2.34. The third kappa shape index (κ3) is 2.40. The summed E-state index contributed by atoms with van der Waals surface area (Å²) in [4.78, 5) is 0. The second-order valence-electron chi connectivity index (χ2n) is 4.03. The minimum atomic E-state index is 0.747. The van der Waals surface area contributed by atoms with Gasteiger partial charge in [0.25, 0.3) is 0 Å². The number of aryl methyl sites for hydroxylation is 2. The summed E-state index contributed by atoms with van der Waals surface area (Å²) in [7, 11) is 5.16. The molecular weight excluding hydrogens is 230 g/mol. The van der Waals surface area contributed by atoms with E-state index in [1.54, 1.807) is 18.9 Å². The molecule has 0 amide bonds. The first-order valence-corrected chi connectivity index (χ1v) is 5.62. The predicted molar refractivity (Wildman–Crippen MR) is 70.8 cm³/mol. The van der Waals surface area contributed by atoms with E-state index in [0.717, 1.165) is 28.6 Å². The monoisotopic (exact) mass is 247 g/mol. The summed E-state index contributed by atoms with van der Waals surface area (Å²) < 4.78 is 12.3. The van der Waals surface area contributed by atoms with Crippen LogP contribution in [0.2, 0.25) is 0 Å². The molecule has 0 radical (unpaired) electrons. The number of rotatable bonds is 4. The van der Waals surface area contributed by atoms with Crippen LogP contribution in [0.25, 0.3) is 0 Å². The Hall–Kier alpha value is -2.17. The van der Waals surface area contributed by atoms with E-state index in [9.17, 15) is 0 Å². The zero-order chi connectivity index (χ0) is 13.1. The van der Waals surface area contributed by atoms with Crippen molar-refractivity contribution >= 4 is 11.5 Å². The van der Waals surface area contributed by atoms with E-state index in [1.165, 1.54) is 0 Å². The molecular formula is C13H17N3O2. The van der Waals surface area contributed by atoms with Crippen molar-refractivity contribution in [3.05, 3.63) is 30.0 Å². The highest BCUT2D eigenvalue weighted by molar-refractivity contribution is 5.63. The fourth-order valence-corrected chi connectivity index (χ4v) is 1.74. The van der Waals surface area contributed by atoms with Gasteiger partial charge < -0.3 is 14.8 Å². The molecule has 1 aromatic heterocycles. The third-order valence-corrected chi connectivity index (χ3v) is 2.74. The average molecular weight is 247 g/mol. The molecule has 1 heterocycles. The standard InChI is InChI=1S/C13H17N3O2/c1-9-8-14-16(2)13(9)15-10-5-11(17-3)7-12(6-10)18-4/h5-8,15H,1-4H3. The summed E-state index contributed by atoms with van der Waals surface area (Å²) in [6.07, 6.45) is 1.82. The van der Waals surface area contributed by atoms with Gasteiger partial charge >= 0.3 is 0 Å². The molecule has 0 unspecified atom stereocenters. The van der Waals surface area contributed by atoms with E-state index in [1.807, 2.05) is 38.4 Å². The number of ether oxygens (including phenoxy) is 2. The van der Waals surface area contributed by atoms with Gasteiger partial charge in [0, 0.05) is 36.5 Å². The van der Waals surface area contributed by atoms with Gasteiger partial charge in [0.2, 0.25) is 0 Å². The first-order valence-electron chi connectivity index (χ1n) is 5.62. The molecule has 2 rings (SSSR count). The number of benzene rings is 1. The van der Waals surface area contributed by atoms with Gasteiger partial charge in [0.15, 0.2) is 0 Å². The summed E-state index contributed by atoms with van der Waals surface area (Å²) in [5, 5.41) is 7.50. The van der Waals surface area contributed by atoms with Crippen LogP contribution in [0.15, 0.2) is 24.4 Å². The van der Waals surface area contributed by atoms with Crippen molar-refractivity contribution in [1.29, 1.82) is 0 Å². The van der Waals surface area contributed by atoms with E-state index >= 15 is 0 Å². The van der Waals surface area contributed by atoms with Crippen LogP contribution in [-0.2, 0) is 7.05 Å². The summed E-state index contributed by atoms with van der Waals surface area (Å²) >= 11 is 0. The molecule has 0 atom stereocenters. The highest BCUT2D eigenvalue weighted by atomic mass is 16.5. The Morgan fingerprint density at radius 2 is 1.72 bits per heavy atom. The molecule has 0 fully saturated rings. The number of aromatic nitrogens is 2. The summed E-state index contributed by atoms with van der Waals surface area (Å²) in [6.45, 7) is 2.01. The van der Waals surface area contributed by atoms with Gasteiger partial charge in [0.05, 0.1) is 20.4 Å². The van der Waals surface area contributed by atoms with E-state index in [4.69, 9.17) is 9.47 Å². The van der Waals surface area contributed by atoms with Crippen LogP contribution < -0.4 is 14.8 Å². The number of hydrogen-bond donors (Lipinski definition) is 1. The molecule has 5 nitrogen and oxygen atoms in total. The molecule has 0 aliphatic rings. The Morgan fingerprint density at radius 1 is 1.11 bits per heavy atom. The summed E-state index contributed by atoms with van der Waals surface area (Å²) in [5.41, 5.74) is 1.98. The molecule has 18 heavy (non-hydrogen) atoms. The Morgan fingerprint density at radius 3 is 2.17 bits per heavy atom. The molecule has 2 aromatic rings. The molecule has 0 aliphatic carbocycles. The number of anilines is 2. The molecule has 1 aromatic carbocycles. The van der Waals surface area contributed by atoms with Crippen molar-refractivity contribution in [3.63, 3.8) is 0 Å². The van der Waals surface area contributed by atoms with Crippen LogP contribution in [-0.4, -0.2) is 24.0 Å². The van der Waals surface area contributed by atoms with Crippen LogP contribution in [0.5, 0.6) is 11.5 Å². The van der Waals surface area contributed by atoms with E-state index in [0.29, 0.717) is 0 Å². The van der Waals surface area contributed by atoms with E-state index in [2.05, 4.69) is 10.4 Å². The van der Waals surface area contributed by atoms with Crippen molar-refractivity contribution in [2.75, 3.05) is 19.5 Å². The normalized spacial score (nSPS) is 10.2. The first-order chi connectivity index (χ1) is 8.63. The molecule has 1 N–H and O–H groups in total. The Bertz CT molecular complexity index is 507. The first kappa shape index (κ1) is 12.3. The second kappa shape index (κ2) is 5.00. The SMILES string of the molecule is COc1cc(Nc2c(C)cnn2C)cc(OC)c1. The predicted octanol–water partition coefficient (Wildman–Crippen LogP) is 2.49. The van der Waals surface area contributed by atoms with Crippen molar-refractivity contribution in [2.24, 2.45) is 7.05 Å². The molecule has 96 valence electrons. The van der Waals surface area contributed by atoms with Crippen molar-refractivity contribution < 1.29 is 9.47 Å². The largest absolute Gasteiger partial charge is 0.497 e. The lowest BCUT2D eigenvalue weighted by Gasteiger charge is -2.11. The van der Waals surface area contributed by atoms with Crippen LogP contribution >= 0.6 is 0 Å². The molecule has 0 aliphatic heterocycles. The second-order valence-corrected chi connectivity index (χ2v) is 4.03. The van der Waals surface area contributed by atoms with Crippen LogP contribution in [0.4, 0.5) is 11.5 Å². The van der Waals surface area contributed by atoms with E-state index < -0.39 is 0 Å². The van der Waals surface area contributed by atoms with Gasteiger partial charge in [-0.3, -0.25) is 4.68 Å². The summed E-state index contributed by atoms with van der Waals surface area (Å²) in [6, 6.07) is 5.66. The van der Waals surface area contributed by atoms with Gasteiger partial charge in [-0.2, -0.15) is 5.10 Å². The van der Waals surface area contributed by atoms with Crippen molar-refractivity contribution in [1.82, 2.24) is 9.78 Å². The fourth-order valence-electron chi connectivity index (χ4n) is 1.74. The lowest BCUT2D eigenvalue weighted by Crippen LogP contribution is -2.01. The zero-order valence-electron chi connectivity index (χ0n) is 11.0.